The Morgan fingerprint density at radius 3 is 2.62 bits per heavy atom. The van der Waals surface area contributed by atoms with E-state index in [4.69, 9.17) is 0 Å². The summed E-state index contributed by atoms with van der Waals surface area (Å²) in [5, 5.41) is 0. The van der Waals surface area contributed by atoms with Crippen LogP contribution in [0.25, 0.3) is 0 Å². The predicted octanol–water partition coefficient (Wildman–Crippen LogP) is 4.95. The Morgan fingerprint density at radius 2 is 1.95 bits per heavy atom. The Kier molecular flexibility index (Phi) is 3.71. The minimum atomic E-state index is 0.0147. The summed E-state index contributed by atoms with van der Waals surface area (Å²) in [6.07, 6.45) is 6.44. The fraction of sp³-hybridized carbons (Fsp3) is 0.650. The van der Waals surface area contributed by atoms with E-state index in [0.717, 1.165) is 11.8 Å². The minimum Gasteiger partial charge on any atom is -0.299 e. The fourth-order valence-corrected chi connectivity index (χ4v) is 4.78. The maximum atomic E-state index is 12.0. The number of ketones is 1. The molecular formula is C20H28O. The number of Topliss-reactive ketones (excluding diaryl/α,β-unsaturated/α-hetero) is 1. The molecule has 2 aliphatic rings. The summed E-state index contributed by atoms with van der Waals surface area (Å²) in [5.74, 6) is 1.96. The highest BCUT2D eigenvalue weighted by Gasteiger charge is 2.36. The van der Waals surface area contributed by atoms with Crippen molar-refractivity contribution in [1.29, 1.82) is 0 Å². The van der Waals surface area contributed by atoms with Crippen LogP contribution in [0.1, 0.15) is 81.5 Å². The van der Waals surface area contributed by atoms with Crippen molar-refractivity contribution in [2.24, 2.45) is 5.92 Å². The van der Waals surface area contributed by atoms with E-state index in [2.05, 4.69) is 39.8 Å². The first-order valence-corrected chi connectivity index (χ1v) is 8.64. The zero-order valence-electron chi connectivity index (χ0n) is 14.0. The summed E-state index contributed by atoms with van der Waals surface area (Å²) < 4.78 is 0. The molecule has 3 rings (SSSR count). The molecule has 114 valence electrons. The van der Waals surface area contributed by atoms with Crippen molar-refractivity contribution in [3.05, 3.63) is 34.4 Å². The number of carbonyl (C=O) groups is 1. The van der Waals surface area contributed by atoms with Crippen molar-refractivity contribution in [2.45, 2.75) is 77.6 Å². The van der Waals surface area contributed by atoms with E-state index in [1.807, 2.05) is 0 Å². The van der Waals surface area contributed by atoms with Gasteiger partial charge >= 0.3 is 0 Å². The summed E-state index contributed by atoms with van der Waals surface area (Å²) in [7, 11) is 0. The third-order valence-corrected chi connectivity index (χ3v) is 5.67. The zero-order valence-corrected chi connectivity index (χ0v) is 14.0. The molecule has 0 bridgehead atoms. The van der Waals surface area contributed by atoms with Gasteiger partial charge in [-0.05, 0) is 58.8 Å². The number of fused-ring (bicyclic) bond motifs is 2. The Hall–Kier alpha value is -1.11. The van der Waals surface area contributed by atoms with Gasteiger partial charge in [-0.1, -0.05) is 46.2 Å². The van der Waals surface area contributed by atoms with E-state index in [1.54, 1.807) is 5.56 Å². The van der Waals surface area contributed by atoms with E-state index in [-0.39, 0.29) is 5.41 Å². The van der Waals surface area contributed by atoms with E-state index in [0.29, 0.717) is 18.6 Å². The van der Waals surface area contributed by atoms with E-state index < -0.39 is 0 Å². The van der Waals surface area contributed by atoms with E-state index >= 15 is 0 Å². The number of hydrogen-bond acceptors (Lipinski definition) is 1. The molecule has 0 N–H and O–H groups in total. The molecular weight excluding hydrogens is 256 g/mol. The van der Waals surface area contributed by atoms with Gasteiger partial charge in [0.2, 0.25) is 0 Å². The maximum Gasteiger partial charge on any atom is 0.138 e. The Morgan fingerprint density at radius 1 is 1.19 bits per heavy atom. The smallest absolute Gasteiger partial charge is 0.138 e. The second-order valence-corrected chi connectivity index (χ2v) is 7.75. The molecule has 0 aliphatic heterocycles. The van der Waals surface area contributed by atoms with Crippen molar-refractivity contribution in [3.63, 3.8) is 0 Å². The van der Waals surface area contributed by atoms with E-state index in [1.165, 1.54) is 42.4 Å². The van der Waals surface area contributed by atoms with Gasteiger partial charge in [-0.15, -0.1) is 0 Å². The summed E-state index contributed by atoms with van der Waals surface area (Å²) in [4.78, 5) is 12.0. The summed E-state index contributed by atoms with van der Waals surface area (Å²) in [6, 6.07) is 4.85. The van der Waals surface area contributed by atoms with Crippen LogP contribution < -0.4 is 0 Å². The van der Waals surface area contributed by atoms with Crippen LogP contribution in [0.15, 0.2) is 12.1 Å². The van der Waals surface area contributed by atoms with Gasteiger partial charge in [0.15, 0.2) is 0 Å². The van der Waals surface area contributed by atoms with Gasteiger partial charge in [0, 0.05) is 12.8 Å². The van der Waals surface area contributed by atoms with E-state index in [9.17, 15) is 4.79 Å². The first-order chi connectivity index (χ1) is 9.96. The van der Waals surface area contributed by atoms with Crippen molar-refractivity contribution >= 4 is 5.78 Å². The fourth-order valence-electron chi connectivity index (χ4n) is 4.78. The average Bonchev–Trinajstić information content (AvgIpc) is 2.72. The predicted molar refractivity (Wildman–Crippen MR) is 87.9 cm³/mol. The summed E-state index contributed by atoms with van der Waals surface area (Å²) in [6.45, 7) is 9.09. The molecule has 0 spiro atoms. The third kappa shape index (κ3) is 2.45. The van der Waals surface area contributed by atoms with Gasteiger partial charge in [-0.25, -0.2) is 0 Å². The van der Waals surface area contributed by atoms with Crippen molar-refractivity contribution in [3.8, 4) is 0 Å². The molecule has 2 unspecified atom stereocenters. The van der Waals surface area contributed by atoms with Crippen LogP contribution in [0, 0.1) is 5.92 Å². The highest BCUT2D eigenvalue weighted by Crippen LogP contribution is 2.46. The molecule has 1 aromatic rings. The molecule has 1 heteroatoms. The second kappa shape index (κ2) is 5.26. The first kappa shape index (κ1) is 14.8. The lowest BCUT2D eigenvalue weighted by Gasteiger charge is -2.32. The minimum absolute atomic E-state index is 0.0147. The number of carbonyl (C=O) groups excluding carboxylic acids is 1. The van der Waals surface area contributed by atoms with Crippen LogP contribution in [0.5, 0.6) is 0 Å². The molecule has 21 heavy (non-hydrogen) atoms. The molecule has 1 nitrogen and oxygen atoms in total. The Labute approximate surface area is 129 Å². The summed E-state index contributed by atoms with van der Waals surface area (Å²) >= 11 is 0. The van der Waals surface area contributed by atoms with Crippen LogP contribution in [0.4, 0.5) is 0 Å². The molecule has 0 amide bonds. The SMILES string of the molecule is CCCC1Cc2cc3c(cc2C1CC)C(C)(C)CC(=O)C3. The molecule has 1 aromatic carbocycles. The zero-order chi connectivity index (χ0) is 15.2. The lowest BCUT2D eigenvalue weighted by Crippen LogP contribution is -2.30. The van der Waals surface area contributed by atoms with Crippen molar-refractivity contribution in [2.75, 3.05) is 0 Å². The van der Waals surface area contributed by atoms with Gasteiger partial charge in [0.25, 0.3) is 0 Å². The van der Waals surface area contributed by atoms with Gasteiger partial charge in [0.05, 0.1) is 0 Å². The standard InChI is InChI=1S/C20H28O/c1-5-7-13-8-14-9-15-10-16(21)12-20(3,4)19(15)11-18(14)17(13)6-2/h9,11,13,17H,5-8,10,12H2,1-4H3. The normalized spacial score (nSPS) is 26.6. The van der Waals surface area contributed by atoms with Crippen molar-refractivity contribution < 1.29 is 4.79 Å². The largest absolute Gasteiger partial charge is 0.299 e. The van der Waals surface area contributed by atoms with Crippen LogP contribution in [-0.4, -0.2) is 5.78 Å². The monoisotopic (exact) mass is 284 g/mol. The molecule has 0 saturated heterocycles. The Balaban J connectivity index is 2.06. The first-order valence-electron chi connectivity index (χ1n) is 8.64. The van der Waals surface area contributed by atoms with Crippen LogP contribution in [-0.2, 0) is 23.1 Å². The topological polar surface area (TPSA) is 17.1 Å². The number of hydrogen-bond donors (Lipinski definition) is 0. The van der Waals surface area contributed by atoms with Gasteiger partial charge in [-0.3, -0.25) is 4.79 Å². The second-order valence-electron chi connectivity index (χ2n) is 7.75. The molecule has 2 atom stereocenters. The maximum absolute atomic E-state index is 12.0. The highest BCUT2D eigenvalue weighted by molar-refractivity contribution is 5.85. The van der Waals surface area contributed by atoms with Crippen LogP contribution in [0.3, 0.4) is 0 Å². The molecule has 0 aromatic heterocycles. The summed E-state index contributed by atoms with van der Waals surface area (Å²) in [5.41, 5.74) is 5.89. The lowest BCUT2D eigenvalue weighted by molar-refractivity contribution is -0.120. The number of benzene rings is 1. The molecule has 0 radical (unpaired) electrons. The van der Waals surface area contributed by atoms with Crippen LogP contribution >= 0.6 is 0 Å². The quantitative estimate of drug-likeness (QED) is 0.768. The molecule has 2 aliphatic carbocycles. The van der Waals surface area contributed by atoms with Gasteiger partial charge in [0.1, 0.15) is 5.78 Å². The third-order valence-electron chi connectivity index (χ3n) is 5.67. The van der Waals surface area contributed by atoms with Crippen LogP contribution in [0.2, 0.25) is 0 Å². The van der Waals surface area contributed by atoms with Gasteiger partial charge < -0.3 is 0 Å². The van der Waals surface area contributed by atoms with Crippen molar-refractivity contribution in [1.82, 2.24) is 0 Å². The number of rotatable bonds is 3. The Bertz CT molecular complexity index is 567. The van der Waals surface area contributed by atoms with Gasteiger partial charge in [-0.2, -0.15) is 0 Å². The highest BCUT2D eigenvalue weighted by atomic mass is 16.1. The molecule has 0 fully saturated rings. The lowest BCUT2D eigenvalue weighted by atomic mass is 9.71. The average molecular weight is 284 g/mol. The molecule has 0 saturated carbocycles. The molecule has 0 heterocycles.